The number of rotatable bonds is 5. The maximum absolute atomic E-state index is 12.7. The molecule has 0 saturated heterocycles. The zero-order valence-corrected chi connectivity index (χ0v) is 10.1. The largest absolute Gasteiger partial charge is 0.396 e. The zero-order chi connectivity index (χ0) is 12.8. The van der Waals surface area contributed by atoms with E-state index < -0.39 is 0 Å². The smallest absolute Gasteiger partial charge is 0.123 e. The minimum absolute atomic E-state index is 0.154. The number of nitrogens with one attached hydrogen (secondary N) is 1. The average Bonchev–Trinajstić information content (AvgIpc) is 2.39. The highest BCUT2D eigenvalue weighted by molar-refractivity contribution is 5.46. The molecule has 0 bridgehead atoms. The number of aliphatic hydroxyl groups is 1. The monoisotopic (exact) mass is 245 g/mol. The Kier molecular flexibility index (Phi) is 4.31. The Bertz CT molecular complexity index is 496. The molecule has 2 N–H and O–H groups in total. The van der Waals surface area contributed by atoms with Crippen LogP contribution in [0.1, 0.15) is 11.1 Å². The lowest BCUT2D eigenvalue weighted by Gasteiger charge is -2.08. The van der Waals surface area contributed by atoms with Crippen LogP contribution in [0.5, 0.6) is 0 Å². The van der Waals surface area contributed by atoms with Crippen molar-refractivity contribution in [3.63, 3.8) is 0 Å². The molecule has 94 valence electrons. The molecule has 0 fully saturated rings. The van der Waals surface area contributed by atoms with Crippen molar-refractivity contribution >= 4 is 5.69 Å². The van der Waals surface area contributed by atoms with Gasteiger partial charge in [-0.3, -0.25) is 0 Å². The van der Waals surface area contributed by atoms with Gasteiger partial charge in [-0.25, -0.2) is 4.39 Å². The van der Waals surface area contributed by atoms with E-state index >= 15 is 0 Å². The molecule has 0 aromatic heterocycles. The highest BCUT2D eigenvalue weighted by Crippen LogP contribution is 2.13. The Morgan fingerprint density at radius 2 is 1.78 bits per heavy atom. The van der Waals surface area contributed by atoms with E-state index in [0.29, 0.717) is 13.0 Å². The third kappa shape index (κ3) is 3.57. The first kappa shape index (κ1) is 12.6. The third-order valence-corrected chi connectivity index (χ3v) is 2.74. The van der Waals surface area contributed by atoms with E-state index in [-0.39, 0.29) is 12.4 Å². The van der Waals surface area contributed by atoms with Crippen molar-refractivity contribution in [3.05, 3.63) is 65.5 Å². The Morgan fingerprint density at radius 3 is 2.50 bits per heavy atom. The van der Waals surface area contributed by atoms with Gasteiger partial charge in [-0.15, -0.1) is 0 Å². The molecule has 0 atom stereocenters. The van der Waals surface area contributed by atoms with E-state index in [1.54, 1.807) is 12.1 Å². The van der Waals surface area contributed by atoms with Gasteiger partial charge in [0, 0.05) is 18.8 Å². The topological polar surface area (TPSA) is 32.3 Å². The van der Waals surface area contributed by atoms with E-state index in [4.69, 9.17) is 5.11 Å². The van der Waals surface area contributed by atoms with Crippen molar-refractivity contribution in [1.82, 2.24) is 0 Å². The summed E-state index contributed by atoms with van der Waals surface area (Å²) in [7, 11) is 0. The number of aliphatic hydroxyl groups excluding tert-OH is 1. The fraction of sp³-hybridized carbons (Fsp3) is 0.200. The molecule has 2 aromatic rings. The van der Waals surface area contributed by atoms with Gasteiger partial charge in [0.25, 0.3) is 0 Å². The van der Waals surface area contributed by atoms with Gasteiger partial charge >= 0.3 is 0 Å². The van der Waals surface area contributed by atoms with Crippen molar-refractivity contribution < 1.29 is 9.50 Å². The molecule has 0 spiro atoms. The van der Waals surface area contributed by atoms with Crippen molar-refractivity contribution in [3.8, 4) is 0 Å². The summed E-state index contributed by atoms with van der Waals surface area (Å²) in [5.74, 6) is -0.219. The molecule has 2 rings (SSSR count). The quantitative estimate of drug-likeness (QED) is 0.848. The summed E-state index contributed by atoms with van der Waals surface area (Å²) >= 11 is 0. The minimum Gasteiger partial charge on any atom is -0.396 e. The highest BCUT2D eigenvalue weighted by atomic mass is 19.1. The van der Waals surface area contributed by atoms with Gasteiger partial charge in [0.1, 0.15) is 5.82 Å². The van der Waals surface area contributed by atoms with Crippen LogP contribution >= 0.6 is 0 Å². The van der Waals surface area contributed by atoms with Crippen LogP contribution in [-0.4, -0.2) is 11.7 Å². The minimum atomic E-state index is -0.219. The first-order valence-corrected chi connectivity index (χ1v) is 5.96. The van der Waals surface area contributed by atoms with Crippen LogP contribution in [0.4, 0.5) is 10.1 Å². The Morgan fingerprint density at radius 1 is 1.00 bits per heavy atom. The van der Waals surface area contributed by atoms with E-state index in [9.17, 15) is 4.39 Å². The predicted octanol–water partition coefficient (Wildman–Crippen LogP) is 2.97. The lowest BCUT2D eigenvalue weighted by atomic mass is 10.1. The van der Waals surface area contributed by atoms with Gasteiger partial charge in [-0.2, -0.15) is 0 Å². The molecule has 0 heterocycles. The summed E-state index contributed by atoms with van der Waals surface area (Å²) in [6.07, 6.45) is 0.659. The summed E-state index contributed by atoms with van der Waals surface area (Å²) < 4.78 is 12.7. The highest BCUT2D eigenvalue weighted by Gasteiger charge is 1.97. The summed E-state index contributed by atoms with van der Waals surface area (Å²) in [6.45, 7) is 0.810. The summed E-state index contributed by atoms with van der Waals surface area (Å²) in [6, 6.07) is 14.4. The molecular formula is C15H16FNO. The molecule has 0 amide bonds. The van der Waals surface area contributed by atoms with E-state index in [0.717, 1.165) is 16.8 Å². The van der Waals surface area contributed by atoms with Crippen LogP contribution in [-0.2, 0) is 13.0 Å². The molecule has 0 saturated carbocycles. The molecular weight excluding hydrogens is 229 g/mol. The number of halogens is 1. The fourth-order valence-corrected chi connectivity index (χ4v) is 1.77. The van der Waals surface area contributed by atoms with Crippen LogP contribution in [0.15, 0.2) is 48.5 Å². The number of anilines is 1. The Labute approximate surface area is 106 Å². The molecule has 2 nitrogen and oxygen atoms in total. The van der Waals surface area contributed by atoms with E-state index in [1.165, 1.54) is 12.1 Å². The molecule has 18 heavy (non-hydrogen) atoms. The Hall–Kier alpha value is -1.87. The molecule has 2 aromatic carbocycles. The SMILES string of the molecule is OCCc1cccc(NCc2ccc(F)cc2)c1. The van der Waals surface area contributed by atoms with Gasteiger partial charge < -0.3 is 10.4 Å². The maximum Gasteiger partial charge on any atom is 0.123 e. The molecule has 0 unspecified atom stereocenters. The van der Waals surface area contributed by atoms with Gasteiger partial charge in [0.05, 0.1) is 0 Å². The second-order valence-corrected chi connectivity index (χ2v) is 4.15. The van der Waals surface area contributed by atoms with Crippen molar-refractivity contribution in [2.75, 3.05) is 11.9 Å². The lowest BCUT2D eigenvalue weighted by molar-refractivity contribution is 0.299. The van der Waals surface area contributed by atoms with Gasteiger partial charge in [0.2, 0.25) is 0 Å². The summed E-state index contributed by atoms with van der Waals surface area (Å²) in [4.78, 5) is 0. The van der Waals surface area contributed by atoms with E-state index in [2.05, 4.69) is 5.32 Å². The average molecular weight is 245 g/mol. The molecule has 0 aliphatic rings. The number of benzene rings is 2. The summed E-state index contributed by atoms with van der Waals surface area (Å²) in [5, 5.41) is 12.2. The first-order chi connectivity index (χ1) is 8.78. The molecule has 0 aliphatic heterocycles. The number of hydrogen-bond donors (Lipinski definition) is 2. The number of hydrogen-bond acceptors (Lipinski definition) is 2. The standard InChI is InChI=1S/C15H16FNO/c16-14-6-4-13(5-7-14)11-17-15-3-1-2-12(10-15)8-9-18/h1-7,10,17-18H,8-9,11H2. The van der Waals surface area contributed by atoms with Crippen molar-refractivity contribution in [1.29, 1.82) is 0 Å². The third-order valence-electron chi connectivity index (χ3n) is 2.74. The van der Waals surface area contributed by atoms with E-state index in [1.807, 2.05) is 24.3 Å². The Balaban J connectivity index is 1.97. The molecule has 0 aliphatic carbocycles. The maximum atomic E-state index is 12.7. The van der Waals surface area contributed by atoms with Crippen LogP contribution in [0, 0.1) is 5.82 Å². The van der Waals surface area contributed by atoms with Crippen LogP contribution in [0.2, 0.25) is 0 Å². The second-order valence-electron chi connectivity index (χ2n) is 4.15. The van der Waals surface area contributed by atoms with Crippen LogP contribution < -0.4 is 5.32 Å². The van der Waals surface area contributed by atoms with Crippen LogP contribution in [0.3, 0.4) is 0 Å². The van der Waals surface area contributed by atoms with Gasteiger partial charge in [0.15, 0.2) is 0 Å². The first-order valence-electron chi connectivity index (χ1n) is 5.96. The lowest BCUT2D eigenvalue weighted by Crippen LogP contribution is -2.00. The normalized spacial score (nSPS) is 10.3. The van der Waals surface area contributed by atoms with Gasteiger partial charge in [-0.05, 0) is 41.8 Å². The zero-order valence-electron chi connectivity index (χ0n) is 10.1. The molecule has 0 radical (unpaired) electrons. The van der Waals surface area contributed by atoms with Crippen molar-refractivity contribution in [2.24, 2.45) is 0 Å². The van der Waals surface area contributed by atoms with Gasteiger partial charge in [-0.1, -0.05) is 24.3 Å². The molecule has 3 heteroatoms. The van der Waals surface area contributed by atoms with Crippen LogP contribution in [0.25, 0.3) is 0 Å². The van der Waals surface area contributed by atoms with Crippen molar-refractivity contribution in [2.45, 2.75) is 13.0 Å². The fourth-order valence-electron chi connectivity index (χ4n) is 1.77. The summed E-state index contributed by atoms with van der Waals surface area (Å²) in [5.41, 5.74) is 3.14. The second kappa shape index (κ2) is 6.17. The predicted molar refractivity (Wildman–Crippen MR) is 71.0 cm³/mol.